The van der Waals surface area contributed by atoms with Gasteiger partial charge in [-0.05, 0) is 77.9 Å². The maximum atomic E-state index is 13.9. The fourth-order valence-electron chi connectivity index (χ4n) is 4.66. The molecule has 4 aromatic carbocycles. The number of rotatable bonds is 7. The minimum Gasteiger partial charge on any atom is -0.423 e. The Balaban J connectivity index is 1.85. The van der Waals surface area contributed by atoms with Gasteiger partial charge in [-0.2, -0.15) is 0 Å². The molecule has 0 spiro atoms. The molecule has 0 radical (unpaired) electrons. The molecule has 0 aliphatic rings. The second kappa shape index (κ2) is 12.0. The zero-order valence-electron chi connectivity index (χ0n) is 23.2. The highest BCUT2D eigenvalue weighted by molar-refractivity contribution is 6.00. The molecule has 0 aliphatic heterocycles. The van der Waals surface area contributed by atoms with Gasteiger partial charge in [0.2, 0.25) is 0 Å². The Morgan fingerprint density at radius 1 is 0.769 bits per heavy atom. The van der Waals surface area contributed by atoms with Crippen LogP contribution in [0.4, 0.5) is 16.2 Å². The molecule has 0 fully saturated rings. The van der Waals surface area contributed by atoms with Crippen molar-refractivity contribution < 1.29 is 19.1 Å². The van der Waals surface area contributed by atoms with Crippen molar-refractivity contribution in [2.24, 2.45) is 0 Å². The quantitative estimate of drug-likeness (QED) is 0.180. The number of esters is 1. The number of hydrogen-bond acceptors (Lipinski definition) is 4. The fourth-order valence-corrected chi connectivity index (χ4v) is 4.66. The van der Waals surface area contributed by atoms with Crippen molar-refractivity contribution in [2.45, 2.75) is 52.9 Å². The summed E-state index contributed by atoms with van der Waals surface area (Å²) in [5.41, 5.74) is 4.16. The largest absolute Gasteiger partial charge is 0.424 e. The average Bonchev–Trinajstić information content (AvgIpc) is 2.92. The van der Waals surface area contributed by atoms with Crippen LogP contribution in [0.15, 0.2) is 97.1 Å². The lowest BCUT2D eigenvalue weighted by Gasteiger charge is -2.28. The summed E-state index contributed by atoms with van der Waals surface area (Å²) < 4.78 is 11.9. The SMILES string of the molecule is CCCc1c(C(C)(C)C)cc(C(=O)Oc2ccccc2)c(OC(=O)N(c2ccccc2)c2ccccc2)c1C. The molecule has 0 N–H and O–H groups in total. The van der Waals surface area contributed by atoms with Crippen LogP contribution in [0, 0.1) is 6.92 Å². The molecule has 0 heterocycles. The van der Waals surface area contributed by atoms with Gasteiger partial charge in [0.25, 0.3) is 0 Å². The number of amides is 1. The van der Waals surface area contributed by atoms with Crippen molar-refractivity contribution in [2.75, 3.05) is 4.90 Å². The van der Waals surface area contributed by atoms with Crippen molar-refractivity contribution in [3.63, 3.8) is 0 Å². The minimum atomic E-state index is -0.616. The number of benzene rings is 4. The number of ether oxygens (including phenoxy) is 2. The number of carbonyl (C=O) groups excluding carboxylic acids is 2. The Hall–Kier alpha value is -4.38. The van der Waals surface area contributed by atoms with Gasteiger partial charge >= 0.3 is 12.1 Å². The summed E-state index contributed by atoms with van der Waals surface area (Å²) in [5.74, 6) is 0.0587. The Kier molecular flexibility index (Phi) is 8.50. The van der Waals surface area contributed by atoms with Gasteiger partial charge in [0, 0.05) is 0 Å². The van der Waals surface area contributed by atoms with Crippen LogP contribution >= 0.6 is 0 Å². The molecule has 39 heavy (non-hydrogen) atoms. The molecule has 1 amide bonds. The summed E-state index contributed by atoms with van der Waals surface area (Å²) in [6, 6.07) is 29.4. The monoisotopic (exact) mass is 521 g/mol. The first kappa shape index (κ1) is 27.6. The summed E-state index contributed by atoms with van der Waals surface area (Å²) in [5, 5.41) is 0. The molecule has 0 aliphatic carbocycles. The summed E-state index contributed by atoms with van der Waals surface area (Å²) >= 11 is 0. The van der Waals surface area contributed by atoms with Gasteiger partial charge in [-0.25, -0.2) is 14.5 Å². The molecule has 0 aromatic heterocycles. The van der Waals surface area contributed by atoms with E-state index in [1.54, 1.807) is 24.3 Å². The highest BCUT2D eigenvalue weighted by Gasteiger charge is 2.30. The second-order valence-corrected chi connectivity index (χ2v) is 10.5. The van der Waals surface area contributed by atoms with E-state index >= 15 is 0 Å². The van der Waals surface area contributed by atoms with Crippen molar-refractivity contribution in [3.05, 3.63) is 119 Å². The molecule has 0 bridgehead atoms. The van der Waals surface area contributed by atoms with E-state index in [1.165, 1.54) is 4.90 Å². The van der Waals surface area contributed by atoms with E-state index in [9.17, 15) is 9.59 Å². The smallest absolute Gasteiger partial charge is 0.423 e. The van der Waals surface area contributed by atoms with Crippen molar-refractivity contribution in [1.29, 1.82) is 0 Å². The highest BCUT2D eigenvalue weighted by Crippen LogP contribution is 2.38. The van der Waals surface area contributed by atoms with Gasteiger partial charge < -0.3 is 9.47 Å². The standard InChI is InChI=1S/C34H35NO4/c1-6-16-28-24(2)31(29(23-30(28)34(3,4)5)32(36)38-27-21-14-9-15-22-27)39-33(37)35(25-17-10-7-11-18-25)26-19-12-8-13-20-26/h7-15,17-23H,6,16H2,1-5H3. The van der Waals surface area contributed by atoms with E-state index in [2.05, 4.69) is 27.7 Å². The normalized spacial score (nSPS) is 11.1. The molecule has 200 valence electrons. The molecular formula is C34H35NO4. The molecule has 0 saturated heterocycles. The van der Waals surface area contributed by atoms with E-state index in [4.69, 9.17) is 9.47 Å². The number of hydrogen-bond donors (Lipinski definition) is 0. The second-order valence-electron chi connectivity index (χ2n) is 10.5. The maximum absolute atomic E-state index is 13.9. The Labute approximate surface area is 231 Å². The van der Waals surface area contributed by atoms with E-state index in [1.807, 2.05) is 79.7 Å². The van der Waals surface area contributed by atoms with Crippen molar-refractivity contribution in [3.8, 4) is 11.5 Å². The van der Waals surface area contributed by atoms with Gasteiger partial charge in [0.15, 0.2) is 5.75 Å². The predicted octanol–water partition coefficient (Wildman–Crippen LogP) is 8.80. The molecule has 5 nitrogen and oxygen atoms in total. The summed E-state index contributed by atoms with van der Waals surface area (Å²) in [6.45, 7) is 10.4. The van der Waals surface area contributed by atoms with E-state index in [0.29, 0.717) is 17.1 Å². The predicted molar refractivity (Wildman–Crippen MR) is 156 cm³/mol. The molecule has 4 rings (SSSR count). The van der Waals surface area contributed by atoms with E-state index in [0.717, 1.165) is 29.5 Å². The molecule has 0 unspecified atom stereocenters. The molecule has 5 heteroatoms. The summed E-state index contributed by atoms with van der Waals surface area (Å²) in [6.07, 6.45) is 1.08. The lowest BCUT2D eigenvalue weighted by Crippen LogP contribution is -2.30. The minimum absolute atomic E-state index is 0.217. The van der Waals surface area contributed by atoms with E-state index < -0.39 is 12.1 Å². The first-order chi connectivity index (χ1) is 18.7. The zero-order valence-corrected chi connectivity index (χ0v) is 23.2. The third-order valence-electron chi connectivity index (χ3n) is 6.53. The van der Waals surface area contributed by atoms with Crippen LogP contribution in [0.2, 0.25) is 0 Å². The first-order valence-electron chi connectivity index (χ1n) is 13.3. The number of carbonyl (C=O) groups is 2. The zero-order chi connectivity index (χ0) is 28.0. The van der Waals surface area contributed by atoms with Crippen LogP contribution in [0.5, 0.6) is 11.5 Å². The fraction of sp³-hybridized carbons (Fsp3) is 0.235. The first-order valence-corrected chi connectivity index (χ1v) is 13.3. The van der Waals surface area contributed by atoms with Crippen LogP contribution in [0.25, 0.3) is 0 Å². The van der Waals surface area contributed by atoms with E-state index in [-0.39, 0.29) is 16.7 Å². The number of nitrogens with zero attached hydrogens (tertiary/aromatic N) is 1. The lowest BCUT2D eigenvalue weighted by molar-refractivity contribution is 0.0731. The molecular weight excluding hydrogens is 486 g/mol. The van der Waals surface area contributed by atoms with Crippen molar-refractivity contribution in [1.82, 2.24) is 0 Å². The lowest BCUT2D eigenvalue weighted by atomic mass is 9.79. The molecule has 0 saturated carbocycles. The molecule has 0 atom stereocenters. The van der Waals surface area contributed by atoms with Gasteiger partial charge in [0.05, 0.1) is 11.4 Å². The summed E-state index contributed by atoms with van der Waals surface area (Å²) in [4.78, 5) is 29.0. The van der Waals surface area contributed by atoms with Crippen LogP contribution in [0.1, 0.15) is 61.2 Å². The van der Waals surface area contributed by atoms with Crippen LogP contribution in [0.3, 0.4) is 0 Å². The maximum Gasteiger partial charge on any atom is 0.424 e. The van der Waals surface area contributed by atoms with Crippen molar-refractivity contribution >= 4 is 23.4 Å². The van der Waals surface area contributed by atoms with Crippen LogP contribution < -0.4 is 14.4 Å². The highest BCUT2D eigenvalue weighted by atomic mass is 16.6. The Bertz CT molecular complexity index is 1390. The number of para-hydroxylation sites is 3. The molecule has 4 aromatic rings. The Morgan fingerprint density at radius 3 is 1.77 bits per heavy atom. The van der Waals surface area contributed by atoms with Gasteiger partial charge in [-0.1, -0.05) is 88.7 Å². The number of anilines is 2. The topological polar surface area (TPSA) is 55.8 Å². The summed E-state index contributed by atoms with van der Waals surface area (Å²) in [7, 11) is 0. The van der Waals surface area contributed by atoms with Gasteiger partial charge in [-0.3, -0.25) is 0 Å². The van der Waals surface area contributed by atoms with Gasteiger partial charge in [-0.15, -0.1) is 0 Å². The Morgan fingerprint density at radius 2 is 1.28 bits per heavy atom. The average molecular weight is 522 g/mol. The third-order valence-corrected chi connectivity index (χ3v) is 6.53. The van der Waals surface area contributed by atoms with Crippen LogP contribution in [-0.2, 0) is 11.8 Å². The van der Waals surface area contributed by atoms with Gasteiger partial charge in [0.1, 0.15) is 11.3 Å². The van der Waals surface area contributed by atoms with Crippen LogP contribution in [-0.4, -0.2) is 12.1 Å². The third kappa shape index (κ3) is 6.37.